The van der Waals surface area contributed by atoms with E-state index in [4.69, 9.17) is 37.9 Å². The molecule has 2 saturated heterocycles. The second kappa shape index (κ2) is 8.38. The first-order valence-corrected chi connectivity index (χ1v) is 9.15. The first-order chi connectivity index (χ1) is 12.9. The molecule has 2 heterocycles. The highest BCUT2D eigenvalue weighted by atomic mass is 16.8. The molecular weight excluding hydrogens is 376 g/mol. The van der Waals surface area contributed by atoms with Gasteiger partial charge < -0.3 is 48.1 Å². The van der Waals surface area contributed by atoms with Gasteiger partial charge in [-0.3, -0.25) is 0 Å². The van der Waals surface area contributed by atoms with Crippen LogP contribution in [0.2, 0.25) is 0 Å². The van der Waals surface area contributed by atoms with E-state index in [0.29, 0.717) is 0 Å². The highest BCUT2D eigenvalue weighted by molar-refractivity contribution is 4.95. The lowest BCUT2D eigenvalue weighted by atomic mass is 9.98. The third-order valence-corrected chi connectivity index (χ3v) is 6.12. The van der Waals surface area contributed by atoms with Gasteiger partial charge in [-0.1, -0.05) is 0 Å². The van der Waals surface area contributed by atoms with Gasteiger partial charge in [0.15, 0.2) is 0 Å². The summed E-state index contributed by atoms with van der Waals surface area (Å²) in [6.07, 6.45) is -4.48. The lowest BCUT2D eigenvalue weighted by molar-refractivity contribution is -0.449. The van der Waals surface area contributed by atoms with E-state index in [1.165, 1.54) is 28.4 Å². The summed E-state index contributed by atoms with van der Waals surface area (Å²) in [5, 5.41) is 21.5. The van der Waals surface area contributed by atoms with E-state index in [-0.39, 0.29) is 13.2 Å². The van der Waals surface area contributed by atoms with E-state index < -0.39 is 47.6 Å². The zero-order chi connectivity index (χ0) is 21.4. The Morgan fingerprint density at radius 2 is 0.929 bits per heavy atom. The fourth-order valence-corrected chi connectivity index (χ4v) is 3.34. The van der Waals surface area contributed by atoms with Crippen LogP contribution in [0.4, 0.5) is 0 Å². The van der Waals surface area contributed by atoms with Crippen LogP contribution < -0.4 is 0 Å². The molecule has 0 radical (unpaired) electrons. The van der Waals surface area contributed by atoms with Crippen molar-refractivity contribution in [3.63, 3.8) is 0 Å². The standard InChI is InChI=1S/C18H34O10/c1-15(21-5)17(3,23-7)27-11(9-25-15)13(19)14(20)12-10-26-16(2,22-6)18(4,24-8)28-12/h11-14,19-20H,9-10H2,1-8H3/t11-,12-,13-,14-,15-,16+,17-,18+/m1/s1. The summed E-state index contributed by atoms with van der Waals surface area (Å²) in [6.45, 7) is 6.56. The molecule has 28 heavy (non-hydrogen) atoms. The summed E-state index contributed by atoms with van der Waals surface area (Å²) in [6, 6.07) is 0. The van der Waals surface area contributed by atoms with Gasteiger partial charge in [-0.25, -0.2) is 0 Å². The van der Waals surface area contributed by atoms with Crippen LogP contribution in [0.3, 0.4) is 0 Å². The van der Waals surface area contributed by atoms with Gasteiger partial charge in [0, 0.05) is 28.4 Å². The summed E-state index contributed by atoms with van der Waals surface area (Å²) in [4.78, 5) is 0. The Bertz CT molecular complexity index is 488. The fourth-order valence-electron chi connectivity index (χ4n) is 3.34. The van der Waals surface area contributed by atoms with Crippen LogP contribution in [-0.2, 0) is 37.9 Å². The quantitative estimate of drug-likeness (QED) is 0.594. The molecule has 0 spiro atoms. The molecule has 2 aliphatic rings. The Morgan fingerprint density at radius 1 is 0.643 bits per heavy atom. The van der Waals surface area contributed by atoms with Crippen molar-refractivity contribution in [2.75, 3.05) is 41.7 Å². The minimum absolute atomic E-state index is 0.0214. The Labute approximate surface area is 165 Å². The third-order valence-electron chi connectivity index (χ3n) is 6.12. The van der Waals surface area contributed by atoms with E-state index in [9.17, 15) is 10.2 Å². The van der Waals surface area contributed by atoms with Crippen molar-refractivity contribution in [2.24, 2.45) is 0 Å². The van der Waals surface area contributed by atoms with Crippen LogP contribution in [0.1, 0.15) is 27.7 Å². The zero-order valence-corrected chi connectivity index (χ0v) is 17.9. The average molecular weight is 410 g/mol. The second-order valence-electron chi connectivity index (χ2n) is 7.52. The largest absolute Gasteiger partial charge is 0.387 e. The van der Waals surface area contributed by atoms with Gasteiger partial charge in [-0.2, -0.15) is 0 Å². The average Bonchev–Trinajstić information content (AvgIpc) is 2.70. The smallest absolute Gasteiger partial charge is 0.220 e. The monoisotopic (exact) mass is 410 g/mol. The van der Waals surface area contributed by atoms with Crippen LogP contribution in [0.5, 0.6) is 0 Å². The van der Waals surface area contributed by atoms with E-state index in [1.807, 2.05) is 0 Å². The van der Waals surface area contributed by atoms with Gasteiger partial charge in [0.05, 0.1) is 13.2 Å². The Morgan fingerprint density at radius 3 is 1.18 bits per heavy atom. The van der Waals surface area contributed by atoms with Crippen molar-refractivity contribution in [3.05, 3.63) is 0 Å². The number of hydrogen-bond acceptors (Lipinski definition) is 10. The molecule has 2 rings (SSSR count). The Balaban J connectivity index is 2.12. The third kappa shape index (κ3) is 3.83. The number of ether oxygens (including phenoxy) is 8. The number of aliphatic hydroxyl groups is 2. The molecule has 2 aliphatic heterocycles. The van der Waals surface area contributed by atoms with E-state index in [0.717, 1.165) is 0 Å². The van der Waals surface area contributed by atoms with Crippen molar-refractivity contribution in [1.29, 1.82) is 0 Å². The van der Waals surface area contributed by atoms with Gasteiger partial charge in [0.1, 0.15) is 24.4 Å². The van der Waals surface area contributed by atoms with Crippen LogP contribution in [0, 0.1) is 0 Å². The molecule has 0 aromatic heterocycles. The Hall–Kier alpha value is -0.400. The Kier molecular flexibility index (Phi) is 7.15. The summed E-state index contributed by atoms with van der Waals surface area (Å²) >= 11 is 0. The minimum Gasteiger partial charge on any atom is -0.387 e. The maximum Gasteiger partial charge on any atom is 0.220 e. The van der Waals surface area contributed by atoms with Crippen molar-refractivity contribution in [1.82, 2.24) is 0 Å². The van der Waals surface area contributed by atoms with Crippen LogP contribution >= 0.6 is 0 Å². The van der Waals surface area contributed by atoms with Crippen LogP contribution in [0.25, 0.3) is 0 Å². The first-order valence-electron chi connectivity index (χ1n) is 9.15. The normalized spacial score (nSPS) is 46.9. The molecule has 0 bridgehead atoms. The van der Waals surface area contributed by atoms with Gasteiger partial charge in [0.25, 0.3) is 0 Å². The summed E-state index contributed by atoms with van der Waals surface area (Å²) < 4.78 is 44.9. The lowest BCUT2D eigenvalue weighted by Crippen LogP contribution is -2.68. The zero-order valence-electron chi connectivity index (χ0n) is 17.9. The molecular formula is C18H34O10. The predicted octanol–water partition coefficient (Wildman–Crippen LogP) is -0.0106. The van der Waals surface area contributed by atoms with E-state index in [2.05, 4.69) is 0 Å². The molecule has 0 saturated carbocycles. The van der Waals surface area contributed by atoms with Gasteiger partial charge in [-0.05, 0) is 27.7 Å². The van der Waals surface area contributed by atoms with Crippen molar-refractivity contribution in [3.8, 4) is 0 Å². The predicted molar refractivity (Wildman–Crippen MR) is 95.3 cm³/mol. The van der Waals surface area contributed by atoms with Crippen molar-refractivity contribution < 1.29 is 48.1 Å². The molecule has 0 unspecified atom stereocenters. The topological polar surface area (TPSA) is 114 Å². The second-order valence-corrected chi connectivity index (χ2v) is 7.52. The van der Waals surface area contributed by atoms with Crippen LogP contribution in [0.15, 0.2) is 0 Å². The molecule has 0 aliphatic carbocycles. The molecule has 10 heteroatoms. The number of hydrogen-bond donors (Lipinski definition) is 2. The molecule has 2 fully saturated rings. The van der Waals surface area contributed by atoms with E-state index in [1.54, 1.807) is 27.7 Å². The molecule has 10 nitrogen and oxygen atoms in total. The number of aliphatic hydroxyl groups excluding tert-OH is 2. The van der Waals surface area contributed by atoms with Crippen molar-refractivity contribution >= 4 is 0 Å². The SMILES string of the molecule is CO[C@@]1(C)OC[C@H]([C@@H](O)[C@H](O)[C@H]2CO[C@@](C)(OC)[C@](C)(OC)O2)O[C@]1(C)OC. The first kappa shape index (κ1) is 23.9. The van der Waals surface area contributed by atoms with Crippen molar-refractivity contribution in [2.45, 2.75) is 75.3 Å². The van der Waals surface area contributed by atoms with Crippen LogP contribution in [-0.4, -0.2) is 99.4 Å². The molecule has 0 aromatic rings. The molecule has 8 atom stereocenters. The fraction of sp³-hybridized carbons (Fsp3) is 1.00. The molecule has 0 aromatic carbocycles. The number of methoxy groups -OCH3 is 4. The minimum atomic E-state index is -1.35. The summed E-state index contributed by atoms with van der Waals surface area (Å²) in [5.41, 5.74) is 0. The molecule has 0 amide bonds. The summed E-state index contributed by atoms with van der Waals surface area (Å²) in [5.74, 6) is -4.96. The maximum absolute atomic E-state index is 10.7. The lowest BCUT2D eigenvalue weighted by Gasteiger charge is -2.52. The molecule has 166 valence electrons. The molecule has 2 N–H and O–H groups in total. The summed E-state index contributed by atoms with van der Waals surface area (Å²) in [7, 11) is 5.83. The van der Waals surface area contributed by atoms with E-state index >= 15 is 0 Å². The highest BCUT2D eigenvalue weighted by Crippen LogP contribution is 2.40. The van der Waals surface area contributed by atoms with Gasteiger partial charge in [0.2, 0.25) is 23.1 Å². The van der Waals surface area contributed by atoms with Gasteiger partial charge in [-0.15, -0.1) is 0 Å². The highest BCUT2D eigenvalue weighted by Gasteiger charge is 2.58. The number of rotatable bonds is 7. The maximum atomic E-state index is 10.7. The van der Waals surface area contributed by atoms with Gasteiger partial charge >= 0.3 is 0 Å².